The van der Waals surface area contributed by atoms with Gasteiger partial charge in [0.05, 0.1) is 0 Å². The van der Waals surface area contributed by atoms with Crippen molar-refractivity contribution in [1.82, 2.24) is 5.32 Å². The fourth-order valence-corrected chi connectivity index (χ4v) is 2.67. The second-order valence-corrected chi connectivity index (χ2v) is 5.38. The molecule has 0 amide bonds. The van der Waals surface area contributed by atoms with E-state index in [1.165, 1.54) is 50.2 Å². The third-order valence-corrected chi connectivity index (χ3v) is 3.86. The monoisotopic (exact) mass is 231 g/mol. The van der Waals surface area contributed by atoms with Crippen molar-refractivity contribution < 1.29 is 4.74 Å². The van der Waals surface area contributed by atoms with Crippen LogP contribution in [-0.2, 0) is 4.74 Å². The van der Waals surface area contributed by atoms with Gasteiger partial charge in [-0.1, -0.05) is 19.8 Å². The summed E-state index contributed by atoms with van der Waals surface area (Å²) in [6.07, 6.45) is 6.50. The zero-order valence-corrected chi connectivity index (χ0v) is 10.8. The molecule has 1 fully saturated rings. The largest absolute Gasteiger partial charge is 0.381 e. The van der Waals surface area contributed by atoms with Crippen LogP contribution in [0.2, 0.25) is 0 Å². The van der Waals surface area contributed by atoms with E-state index in [0.29, 0.717) is 0 Å². The molecule has 3 heteroatoms. The average molecular weight is 231 g/mol. The summed E-state index contributed by atoms with van der Waals surface area (Å²) >= 11 is 2.09. The van der Waals surface area contributed by atoms with E-state index in [4.69, 9.17) is 4.74 Å². The minimum absolute atomic E-state index is 0.718. The molecule has 15 heavy (non-hydrogen) atoms. The Morgan fingerprint density at radius 1 is 1.20 bits per heavy atom. The zero-order valence-electron chi connectivity index (χ0n) is 9.96. The molecule has 0 spiro atoms. The van der Waals surface area contributed by atoms with Crippen molar-refractivity contribution in [1.29, 1.82) is 0 Å². The lowest BCUT2D eigenvalue weighted by Crippen LogP contribution is -2.36. The maximum Gasteiger partial charge on any atom is 0.0480 e. The summed E-state index contributed by atoms with van der Waals surface area (Å²) in [5.41, 5.74) is 0. The molecule has 1 N–H and O–H groups in total. The molecule has 1 rings (SSSR count). The van der Waals surface area contributed by atoms with Gasteiger partial charge >= 0.3 is 0 Å². The smallest absolute Gasteiger partial charge is 0.0480 e. The molecule has 0 unspecified atom stereocenters. The van der Waals surface area contributed by atoms with Crippen LogP contribution in [0.1, 0.15) is 39.0 Å². The third kappa shape index (κ3) is 7.20. The number of ether oxygens (including phenoxy) is 1. The average Bonchev–Trinajstić information content (AvgIpc) is 2.29. The van der Waals surface area contributed by atoms with E-state index < -0.39 is 0 Å². The van der Waals surface area contributed by atoms with Gasteiger partial charge < -0.3 is 10.1 Å². The predicted octanol–water partition coefficient (Wildman–Crippen LogP) is 2.68. The molecule has 1 aliphatic heterocycles. The van der Waals surface area contributed by atoms with Gasteiger partial charge in [-0.3, -0.25) is 0 Å². The van der Waals surface area contributed by atoms with Crippen LogP contribution >= 0.6 is 11.8 Å². The molecular formula is C12H25NOS. The summed E-state index contributed by atoms with van der Waals surface area (Å²) in [5.74, 6) is 2.60. The quantitative estimate of drug-likeness (QED) is 0.649. The minimum Gasteiger partial charge on any atom is -0.381 e. The highest BCUT2D eigenvalue weighted by molar-refractivity contribution is 7.99. The molecule has 2 nitrogen and oxygen atoms in total. The highest BCUT2D eigenvalue weighted by atomic mass is 32.2. The van der Waals surface area contributed by atoms with Crippen molar-refractivity contribution in [3.8, 4) is 0 Å². The molecule has 1 heterocycles. The van der Waals surface area contributed by atoms with Crippen LogP contribution < -0.4 is 5.32 Å². The number of nitrogens with one attached hydrogen (secondary N) is 1. The summed E-state index contributed by atoms with van der Waals surface area (Å²) in [6.45, 7) is 5.32. The first-order chi connectivity index (χ1) is 7.43. The Morgan fingerprint density at radius 2 is 2.00 bits per heavy atom. The number of hydrogen-bond donors (Lipinski definition) is 1. The van der Waals surface area contributed by atoms with Crippen LogP contribution in [0, 0.1) is 0 Å². The van der Waals surface area contributed by atoms with E-state index in [2.05, 4.69) is 24.0 Å². The van der Waals surface area contributed by atoms with E-state index in [1.54, 1.807) is 0 Å². The Bertz CT molecular complexity index is 138. The number of thioether (sulfide) groups is 1. The number of unbranched alkanes of at least 4 members (excludes halogenated alkanes) is 2. The van der Waals surface area contributed by atoms with Crippen LogP contribution in [0.5, 0.6) is 0 Å². The fraction of sp³-hybridized carbons (Fsp3) is 1.00. The molecule has 0 atom stereocenters. The van der Waals surface area contributed by atoms with Crippen LogP contribution in [0.4, 0.5) is 0 Å². The number of hydrogen-bond acceptors (Lipinski definition) is 3. The van der Waals surface area contributed by atoms with Crippen molar-refractivity contribution in [2.45, 2.75) is 45.1 Å². The minimum atomic E-state index is 0.718. The van der Waals surface area contributed by atoms with E-state index in [0.717, 1.165) is 19.3 Å². The van der Waals surface area contributed by atoms with Crippen molar-refractivity contribution in [2.24, 2.45) is 0 Å². The van der Waals surface area contributed by atoms with Crippen LogP contribution in [-0.4, -0.2) is 37.3 Å². The standard InChI is InChI=1S/C12H25NOS/c1-2-3-4-10-15-11-7-13-12-5-8-14-9-6-12/h12-13H,2-11H2,1H3. The van der Waals surface area contributed by atoms with Gasteiger partial charge in [-0.05, 0) is 25.0 Å². The molecule has 0 aromatic heterocycles. The highest BCUT2D eigenvalue weighted by Gasteiger charge is 2.11. The molecule has 0 saturated carbocycles. The van der Waals surface area contributed by atoms with Gasteiger partial charge in [-0.25, -0.2) is 0 Å². The first kappa shape index (κ1) is 13.3. The normalized spacial score (nSPS) is 18.2. The zero-order chi connectivity index (χ0) is 10.8. The lowest BCUT2D eigenvalue weighted by atomic mass is 10.1. The maximum absolute atomic E-state index is 5.33. The summed E-state index contributed by atoms with van der Waals surface area (Å²) in [4.78, 5) is 0. The van der Waals surface area contributed by atoms with Crippen LogP contribution in [0.3, 0.4) is 0 Å². The maximum atomic E-state index is 5.33. The van der Waals surface area contributed by atoms with Gasteiger partial charge in [-0.15, -0.1) is 0 Å². The van der Waals surface area contributed by atoms with Crippen LogP contribution in [0.15, 0.2) is 0 Å². The Balaban J connectivity index is 1.79. The molecule has 0 radical (unpaired) electrons. The van der Waals surface area contributed by atoms with Gasteiger partial charge in [0.15, 0.2) is 0 Å². The van der Waals surface area contributed by atoms with Gasteiger partial charge in [0.25, 0.3) is 0 Å². The highest BCUT2D eigenvalue weighted by Crippen LogP contribution is 2.08. The Hall–Kier alpha value is 0.270. The second-order valence-electron chi connectivity index (χ2n) is 4.16. The van der Waals surface area contributed by atoms with Crippen molar-refractivity contribution in [3.05, 3.63) is 0 Å². The SMILES string of the molecule is CCCCCSCCNC1CCOCC1. The first-order valence-corrected chi connectivity index (χ1v) is 7.48. The molecule has 0 aliphatic carbocycles. The van der Waals surface area contributed by atoms with Gasteiger partial charge in [0, 0.05) is 31.6 Å². The summed E-state index contributed by atoms with van der Waals surface area (Å²) in [7, 11) is 0. The molecule has 90 valence electrons. The summed E-state index contributed by atoms with van der Waals surface area (Å²) in [6, 6.07) is 0.718. The first-order valence-electron chi connectivity index (χ1n) is 6.32. The number of rotatable bonds is 8. The Labute approximate surface area is 98.5 Å². The Kier molecular flexibility index (Phi) is 8.44. The van der Waals surface area contributed by atoms with E-state index in [9.17, 15) is 0 Å². The van der Waals surface area contributed by atoms with E-state index in [1.807, 2.05) is 0 Å². The van der Waals surface area contributed by atoms with E-state index in [-0.39, 0.29) is 0 Å². The van der Waals surface area contributed by atoms with Crippen LogP contribution in [0.25, 0.3) is 0 Å². The molecule has 0 aromatic rings. The Morgan fingerprint density at radius 3 is 2.73 bits per heavy atom. The summed E-state index contributed by atoms with van der Waals surface area (Å²) < 4.78 is 5.33. The van der Waals surface area contributed by atoms with Gasteiger partial charge in [-0.2, -0.15) is 11.8 Å². The second kappa shape index (κ2) is 9.49. The van der Waals surface area contributed by atoms with Crippen molar-refractivity contribution >= 4 is 11.8 Å². The molecule has 0 aromatic carbocycles. The molecular weight excluding hydrogens is 206 g/mol. The summed E-state index contributed by atoms with van der Waals surface area (Å²) in [5, 5.41) is 3.61. The third-order valence-electron chi connectivity index (χ3n) is 2.79. The predicted molar refractivity (Wildman–Crippen MR) is 68.7 cm³/mol. The molecule has 1 aliphatic rings. The molecule has 1 saturated heterocycles. The van der Waals surface area contributed by atoms with E-state index >= 15 is 0 Å². The van der Waals surface area contributed by atoms with Gasteiger partial charge in [0.2, 0.25) is 0 Å². The van der Waals surface area contributed by atoms with Crippen molar-refractivity contribution in [3.63, 3.8) is 0 Å². The fourth-order valence-electron chi connectivity index (χ4n) is 1.79. The molecule has 0 bridgehead atoms. The topological polar surface area (TPSA) is 21.3 Å². The van der Waals surface area contributed by atoms with Crippen molar-refractivity contribution in [2.75, 3.05) is 31.3 Å². The lowest BCUT2D eigenvalue weighted by Gasteiger charge is -2.23. The lowest BCUT2D eigenvalue weighted by molar-refractivity contribution is 0.0786. The van der Waals surface area contributed by atoms with Gasteiger partial charge in [0.1, 0.15) is 0 Å².